The second kappa shape index (κ2) is 9.11. The number of nitrogens with zero attached hydrogens (tertiary/aromatic N) is 5. The van der Waals surface area contributed by atoms with Gasteiger partial charge in [-0.05, 0) is 24.1 Å². The molecule has 33 heavy (non-hydrogen) atoms. The summed E-state index contributed by atoms with van der Waals surface area (Å²) in [6, 6.07) is 17.6. The molecule has 2 amide bonds. The van der Waals surface area contributed by atoms with Gasteiger partial charge in [-0.1, -0.05) is 42.5 Å². The predicted molar refractivity (Wildman–Crippen MR) is 125 cm³/mol. The van der Waals surface area contributed by atoms with E-state index >= 15 is 0 Å². The van der Waals surface area contributed by atoms with Gasteiger partial charge in [-0.3, -0.25) is 14.6 Å². The smallest absolute Gasteiger partial charge is 0.267 e. The van der Waals surface area contributed by atoms with Crippen molar-refractivity contribution in [3.8, 4) is 5.75 Å². The summed E-state index contributed by atoms with van der Waals surface area (Å²) < 4.78 is 5.46. The molecule has 0 aromatic heterocycles. The maximum absolute atomic E-state index is 13.0. The molecule has 172 valence electrons. The zero-order chi connectivity index (χ0) is 22.8. The summed E-state index contributed by atoms with van der Waals surface area (Å²) in [5.41, 5.74) is 5.49. The highest BCUT2D eigenvalue weighted by Crippen LogP contribution is 2.30. The molecule has 9 heteroatoms. The molecule has 2 aromatic rings. The average Bonchev–Trinajstić information content (AvgIpc) is 3.32. The molecule has 0 radical (unpaired) electrons. The largest absolute Gasteiger partial charge is 0.495 e. The number of piperazine rings is 1. The number of rotatable bonds is 5. The highest BCUT2D eigenvalue weighted by atomic mass is 16.5. The summed E-state index contributed by atoms with van der Waals surface area (Å²) >= 11 is 0. The van der Waals surface area contributed by atoms with Crippen LogP contribution in [0.4, 0.5) is 5.69 Å². The average molecular weight is 449 g/mol. The van der Waals surface area contributed by atoms with Crippen LogP contribution in [0.25, 0.3) is 0 Å². The molecule has 5 rings (SSSR count). The van der Waals surface area contributed by atoms with E-state index in [4.69, 9.17) is 4.74 Å². The molecule has 2 atom stereocenters. The third kappa shape index (κ3) is 4.23. The number of hydrogen-bond acceptors (Lipinski definition) is 7. The molecule has 2 unspecified atom stereocenters. The molecule has 0 aliphatic carbocycles. The minimum Gasteiger partial charge on any atom is -0.495 e. The van der Waals surface area contributed by atoms with Gasteiger partial charge in [0, 0.05) is 26.2 Å². The molecular weight excluding hydrogens is 420 g/mol. The lowest BCUT2D eigenvalue weighted by molar-refractivity contribution is -0.144. The van der Waals surface area contributed by atoms with E-state index in [1.165, 1.54) is 5.01 Å². The van der Waals surface area contributed by atoms with Gasteiger partial charge in [-0.25, -0.2) is 10.4 Å². The van der Waals surface area contributed by atoms with Crippen LogP contribution in [0.15, 0.2) is 59.7 Å². The molecule has 2 fully saturated rings. The van der Waals surface area contributed by atoms with Crippen LogP contribution >= 0.6 is 0 Å². The van der Waals surface area contributed by atoms with Crippen molar-refractivity contribution in [3.05, 3.63) is 60.2 Å². The first-order valence-corrected chi connectivity index (χ1v) is 11.2. The Kier molecular flexibility index (Phi) is 5.87. The molecule has 0 spiro atoms. The monoisotopic (exact) mass is 448 g/mol. The number of carbonyl (C=O) groups excluding carboxylic acids is 2. The third-order valence-electron chi connectivity index (χ3n) is 6.50. The lowest BCUT2D eigenvalue weighted by Gasteiger charge is -2.37. The number of ether oxygens (including phenoxy) is 1. The number of nitrogens with one attached hydrogen (secondary N) is 1. The fraction of sp³-hybridized carbons (Fsp3) is 0.375. The van der Waals surface area contributed by atoms with E-state index in [0.29, 0.717) is 32.6 Å². The summed E-state index contributed by atoms with van der Waals surface area (Å²) in [4.78, 5) is 30.0. The van der Waals surface area contributed by atoms with Gasteiger partial charge in [-0.2, -0.15) is 5.10 Å². The number of para-hydroxylation sites is 2. The third-order valence-corrected chi connectivity index (χ3v) is 6.50. The Morgan fingerprint density at radius 1 is 1.06 bits per heavy atom. The van der Waals surface area contributed by atoms with E-state index < -0.39 is 0 Å². The van der Waals surface area contributed by atoms with Gasteiger partial charge in [0.05, 0.1) is 18.8 Å². The van der Waals surface area contributed by atoms with Gasteiger partial charge in [0.25, 0.3) is 5.91 Å². The van der Waals surface area contributed by atoms with E-state index in [-0.39, 0.29) is 30.4 Å². The van der Waals surface area contributed by atoms with Gasteiger partial charge < -0.3 is 14.5 Å². The van der Waals surface area contributed by atoms with Crippen LogP contribution < -0.4 is 15.1 Å². The summed E-state index contributed by atoms with van der Waals surface area (Å²) in [7, 11) is 1.66. The highest BCUT2D eigenvalue weighted by Gasteiger charge is 2.41. The first-order chi connectivity index (χ1) is 16.1. The fourth-order valence-corrected chi connectivity index (χ4v) is 4.67. The van der Waals surface area contributed by atoms with E-state index in [0.717, 1.165) is 17.0 Å². The summed E-state index contributed by atoms with van der Waals surface area (Å²) in [6.45, 7) is 2.57. The van der Waals surface area contributed by atoms with Crippen LogP contribution in [0.2, 0.25) is 0 Å². The summed E-state index contributed by atoms with van der Waals surface area (Å²) in [6.07, 6.45) is 2.25. The van der Waals surface area contributed by atoms with E-state index in [1.54, 1.807) is 23.4 Å². The predicted octanol–water partition coefficient (Wildman–Crippen LogP) is 1.45. The Morgan fingerprint density at radius 2 is 1.79 bits per heavy atom. The lowest BCUT2D eigenvalue weighted by Crippen LogP contribution is -2.55. The van der Waals surface area contributed by atoms with Gasteiger partial charge >= 0.3 is 0 Å². The number of anilines is 1. The molecule has 3 aliphatic heterocycles. The first kappa shape index (κ1) is 21.3. The Labute approximate surface area is 193 Å². The molecule has 2 saturated heterocycles. The maximum Gasteiger partial charge on any atom is 0.267 e. The van der Waals surface area contributed by atoms with E-state index in [1.807, 2.05) is 54.6 Å². The van der Waals surface area contributed by atoms with Crippen molar-refractivity contribution < 1.29 is 14.3 Å². The zero-order valence-corrected chi connectivity index (χ0v) is 18.6. The van der Waals surface area contributed by atoms with Crippen LogP contribution in [-0.2, 0) is 9.59 Å². The quantitative estimate of drug-likeness (QED) is 0.746. The molecule has 0 bridgehead atoms. The SMILES string of the molecule is COc1ccccc1N1CCN(C(=O)CN2N=CN3NC(c4ccccc4)CC3C2=O)CC1. The Bertz CT molecular complexity index is 1040. The first-order valence-electron chi connectivity index (χ1n) is 11.2. The highest BCUT2D eigenvalue weighted by molar-refractivity contribution is 5.91. The molecule has 1 N–H and O–H groups in total. The van der Waals surface area contributed by atoms with Crippen LogP contribution in [0.1, 0.15) is 18.0 Å². The minimum absolute atomic E-state index is 0.0374. The van der Waals surface area contributed by atoms with Crippen LogP contribution in [0.5, 0.6) is 5.75 Å². The number of hydrogen-bond donors (Lipinski definition) is 1. The van der Waals surface area contributed by atoms with Crippen LogP contribution in [-0.4, -0.2) is 78.9 Å². The lowest BCUT2D eigenvalue weighted by atomic mass is 10.0. The van der Waals surface area contributed by atoms with Crippen molar-refractivity contribution in [1.82, 2.24) is 20.3 Å². The number of methoxy groups -OCH3 is 1. The topological polar surface area (TPSA) is 80.7 Å². The molecular formula is C24H28N6O3. The van der Waals surface area contributed by atoms with Gasteiger partial charge in [0.1, 0.15) is 24.7 Å². The van der Waals surface area contributed by atoms with Gasteiger partial charge in [0.2, 0.25) is 5.91 Å². The van der Waals surface area contributed by atoms with Crippen molar-refractivity contribution >= 4 is 23.8 Å². The van der Waals surface area contributed by atoms with Crippen molar-refractivity contribution in [1.29, 1.82) is 0 Å². The van der Waals surface area contributed by atoms with Crippen molar-refractivity contribution in [2.24, 2.45) is 5.10 Å². The maximum atomic E-state index is 13.0. The Balaban J connectivity index is 1.17. The van der Waals surface area contributed by atoms with Gasteiger partial charge in [-0.15, -0.1) is 0 Å². The van der Waals surface area contributed by atoms with Crippen LogP contribution in [0, 0.1) is 0 Å². The summed E-state index contributed by atoms with van der Waals surface area (Å²) in [5, 5.41) is 7.32. The van der Waals surface area contributed by atoms with Crippen molar-refractivity contribution in [2.45, 2.75) is 18.5 Å². The summed E-state index contributed by atoms with van der Waals surface area (Å²) in [5.74, 6) is 0.595. The molecule has 0 saturated carbocycles. The minimum atomic E-state index is -0.358. The number of hydrazine groups is 1. The Hall–Kier alpha value is -3.59. The number of benzene rings is 2. The number of carbonyl (C=O) groups is 2. The standard InChI is InChI=1S/C24H28N6O3/c1-33-22-10-6-5-9-20(22)27-11-13-28(14-12-27)23(31)16-29-24(32)21-15-19(26-30(21)17-25-29)18-7-3-2-4-8-18/h2-10,17,19,21,26H,11-16H2,1H3. The van der Waals surface area contributed by atoms with Crippen molar-refractivity contribution in [2.75, 3.05) is 44.7 Å². The van der Waals surface area contributed by atoms with Crippen LogP contribution in [0.3, 0.4) is 0 Å². The molecule has 2 aromatic carbocycles. The molecule has 9 nitrogen and oxygen atoms in total. The van der Waals surface area contributed by atoms with E-state index in [2.05, 4.69) is 15.4 Å². The Morgan fingerprint density at radius 3 is 2.55 bits per heavy atom. The zero-order valence-electron chi connectivity index (χ0n) is 18.6. The number of fused-ring (bicyclic) bond motifs is 1. The number of amides is 2. The molecule has 3 heterocycles. The number of hydrazone groups is 1. The normalized spacial score (nSPS) is 22.5. The second-order valence-electron chi connectivity index (χ2n) is 8.42. The van der Waals surface area contributed by atoms with E-state index in [9.17, 15) is 9.59 Å². The van der Waals surface area contributed by atoms with Gasteiger partial charge in [0.15, 0.2) is 0 Å². The van der Waals surface area contributed by atoms with Crippen molar-refractivity contribution in [3.63, 3.8) is 0 Å². The molecule has 3 aliphatic rings. The fourth-order valence-electron chi connectivity index (χ4n) is 4.67. The second-order valence-corrected chi connectivity index (χ2v) is 8.42.